The summed E-state index contributed by atoms with van der Waals surface area (Å²) < 4.78 is 5.42. The molecule has 3 amide bonds. The molecule has 0 aliphatic heterocycles. The third-order valence-corrected chi connectivity index (χ3v) is 5.72. The molecule has 0 saturated heterocycles. The number of carbonyl (C=O) groups is 3. The lowest BCUT2D eigenvalue weighted by Gasteiger charge is -2.34. The van der Waals surface area contributed by atoms with Crippen LogP contribution in [0.15, 0.2) is 54.6 Å². The Bertz CT molecular complexity index is 1020. The van der Waals surface area contributed by atoms with Crippen LogP contribution in [0.5, 0.6) is 5.75 Å². The molecule has 0 aromatic heterocycles. The number of rotatable bonds is 12. The Morgan fingerprint density at radius 3 is 2.30 bits per heavy atom. The van der Waals surface area contributed by atoms with E-state index in [1.807, 2.05) is 30.3 Å². The third kappa shape index (κ3) is 9.79. The monoisotopic (exact) mass is 511 g/mol. The van der Waals surface area contributed by atoms with Gasteiger partial charge in [-0.3, -0.25) is 9.59 Å². The molecule has 3 N–H and O–H groups in total. The Morgan fingerprint density at radius 1 is 1.00 bits per heavy atom. The lowest BCUT2D eigenvalue weighted by Crippen LogP contribution is -2.53. The largest absolute Gasteiger partial charge is 0.508 e. The average Bonchev–Trinajstić information content (AvgIpc) is 2.83. The van der Waals surface area contributed by atoms with Gasteiger partial charge in [-0.2, -0.15) is 0 Å². The molecule has 0 spiro atoms. The molecule has 2 aromatic carbocycles. The highest BCUT2D eigenvalue weighted by atomic mass is 16.6. The summed E-state index contributed by atoms with van der Waals surface area (Å²) in [7, 11) is 0. The number of ether oxygens (including phenoxy) is 1. The van der Waals surface area contributed by atoms with Crippen molar-refractivity contribution in [2.75, 3.05) is 13.1 Å². The van der Waals surface area contributed by atoms with Gasteiger partial charge in [-0.15, -0.1) is 0 Å². The molecule has 0 aliphatic carbocycles. The van der Waals surface area contributed by atoms with Gasteiger partial charge in [0.05, 0.1) is 0 Å². The number of alkyl carbamates (subject to hydrolysis) is 1. The number of unbranched alkanes of at least 4 members (excludes halogenated alkanes) is 2. The van der Waals surface area contributed by atoms with E-state index in [0.29, 0.717) is 12.1 Å². The van der Waals surface area contributed by atoms with Crippen LogP contribution in [-0.4, -0.2) is 52.6 Å². The van der Waals surface area contributed by atoms with Crippen LogP contribution >= 0.6 is 0 Å². The van der Waals surface area contributed by atoms with Gasteiger partial charge in [0.2, 0.25) is 11.8 Å². The van der Waals surface area contributed by atoms with E-state index in [2.05, 4.69) is 17.6 Å². The molecule has 202 valence electrons. The molecule has 0 bridgehead atoms. The van der Waals surface area contributed by atoms with Crippen molar-refractivity contribution in [3.8, 4) is 5.75 Å². The Kier molecular flexibility index (Phi) is 11.4. The molecule has 0 saturated carbocycles. The number of nitrogens with zero attached hydrogens (tertiary/aromatic N) is 1. The third-order valence-electron chi connectivity index (χ3n) is 5.72. The number of phenolic OH excluding ortho intramolecular Hbond substituents is 1. The second-order valence-electron chi connectivity index (χ2n) is 10.0. The Labute approximate surface area is 220 Å². The zero-order chi connectivity index (χ0) is 27.4. The summed E-state index contributed by atoms with van der Waals surface area (Å²) in [5, 5.41) is 15.8. The van der Waals surface area contributed by atoms with Gasteiger partial charge in [-0.25, -0.2) is 4.79 Å². The molecule has 2 rings (SSSR count). The summed E-state index contributed by atoms with van der Waals surface area (Å²) in [5.41, 5.74) is 0.599. The van der Waals surface area contributed by atoms with E-state index in [-0.39, 0.29) is 24.6 Å². The predicted octanol–water partition coefficient (Wildman–Crippen LogP) is 4.72. The molecular formula is C29H41N3O5. The quantitative estimate of drug-likeness (QED) is 0.357. The van der Waals surface area contributed by atoms with Crippen LogP contribution in [0.4, 0.5) is 4.79 Å². The molecule has 37 heavy (non-hydrogen) atoms. The van der Waals surface area contributed by atoms with Gasteiger partial charge in [-0.05, 0) is 57.4 Å². The van der Waals surface area contributed by atoms with E-state index in [0.717, 1.165) is 24.8 Å². The summed E-state index contributed by atoms with van der Waals surface area (Å²) in [6, 6.07) is 13.7. The molecule has 2 aromatic rings. The first-order chi connectivity index (χ1) is 17.6. The van der Waals surface area contributed by atoms with Gasteiger partial charge in [0.1, 0.15) is 23.4 Å². The van der Waals surface area contributed by atoms with E-state index in [4.69, 9.17) is 4.74 Å². The fraction of sp³-hybridized carbons (Fsp3) is 0.483. The molecule has 0 aliphatic rings. The van der Waals surface area contributed by atoms with Gasteiger partial charge in [0.25, 0.3) is 0 Å². The van der Waals surface area contributed by atoms with Crippen LogP contribution < -0.4 is 10.6 Å². The van der Waals surface area contributed by atoms with Crippen LogP contribution in [0.1, 0.15) is 71.0 Å². The Hall–Kier alpha value is -3.55. The smallest absolute Gasteiger partial charge is 0.408 e. The van der Waals surface area contributed by atoms with Crippen molar-refractivity contribution < 1.29 is 24.2 Å². The summed E-state index contributed by atoms with van der Waals surface area (Å²) in [5.74, 6) is -0.764. The molecule has 0 radical (unpaired) electrons. The van der Waals surface area contributed by atoms with Crippen molar-refractivity contribution in [1.29, 1.82) is 0 Å². The first-order valence-electron chi connectivity index (χ1n) is 13.0. The first-order valence-corrected chi connectivity index (χ1v) is 13.0. The van der Waals surface area contributed by atoms with Gasteiger partial charge in [0.15, 0.2) is 0 Å². The number of aromatic hydroxyl groups is 1. The second kappa shape index (κ2) is 14.3. The lowest BCUT2D eigenvalue weighted by atomic mass is 10.00. The van der Waals surface area contributed by atoms with Crippen LogP contribution in [-0.2, 0) is 20.7 Å². The van der Waals surface area contributed by atoms with Crippen molar-refractivity contribution >= 4 is 17.9 Å². The zero-order valence-electron chi connectivity index (χ0n) is 22.6. The lowest BCUT2D eigenvalue weighted by molar-refractivity contribution is -0.142. The maximum atomic E-state index is 14.0. The first kappa shape index (κ1) is 29.7. The number of carbonyl (C=O) groups excluding carboxylic acids is 3. The maximum Gasteiger partial charge on any atom is 0.408 e. The molecule has 2 unspecified atom stereocenters. The Morgan fingerprint density at radius 2 is 1.70 bits per heavy atom. The highest BCUT2D eigenvalue weighted by Crippen LogP contribution is 2.26. The number of likely N-dealkylation sites (N-methyl/N-ethyl adjacent to an activating group) is 1. The summed E-state index contributed by atoms with van der Waals surface area (Å²) in [6.45, 7) is 9.81. The van der Waals surface area contributed by atoms with Crippen LogP contribution in [0.3, 0.4) is 0 Å². The van der Waals surface area contributed by atoms with E-state index in [1.54, 1.807) is 39.8 Å². The second-order valence-corrected chi connectivity index (χ2v) is 10.0. The number of phenols is 1. The van der Waals surface area contributed by atoms with Crippen LogP contribution in [0.2, 0.25) is 0 Å². The summed E-state index contributed by atoms with van der Waals surface area (Å²) in [4.78, 5) is 41.5. The Balaban J connectivity index is 2.40. The zero-order valence-corrected chi connectivity index (χ0v) is 22.6. The van der Waals surface area contributed by atoms with Crippen molar-refractivity contribution in [2.45, 2.75) is 78.0 Å². The normalized spacial score (nSPS) is 12.8. The molecular weight excluding hydrogens is 470 g/mol. The van der Waals surface area contributed by atoms with Gasteiger partial charge >= 0.3 is 6.09 Å². The molecule has 2 atom stereocenters. The summed E-state index contributed by atoms with van der Waals surface area (Å²) in [6.07, 6.45) is 2.33. The number of benzene rings is 2. The highest BCUT2D eigenvalue weighted by molar-refractivity contribution is 5.92. The topological polar surface area (TPSA) is 108 Å². The number of hydrogen-bond acceptors (Lipinski definition) is 5. The minimum Gasteiger partial charge on any atom is -0.508 e. The van der Waals surface area contributed by atoms with Crippen LogP contribution in [0.25, 0.3) is 0 Å². The van der Waals surface area contributed by atoms with Gasteiger partial charge < -0.3 is 25.4 Å². The minimum absolute atomic E-state index is 0.00231. The highest BCUT2D eigenvalue weighted by Gasteiger charge is 2.35. The van der Waals surface area contributed by atoms with Crippen LogP contribution in [0, 0.1) is 0 Å². The van der Waals surface area contributed by atoms with Gasteiger partial charge in [0, 0.05) is 19.5 Å². The van der Waals surface area contributed by atoms with Crippen molar-refractivity contribution in [3.63, 3.8) is 0 Å². The predicted molar refractivity (Wildman–Crippen MR) is 144 cm³/mol. The standard InChI is InChI=1S/C29H41N3O5/c1-6-8-12-18-30-26(34)25(22-16-13-17-23(33)20-22)32(7-2)27(35)24(19-21-14-10-9-11-15-21)31-28(36)37-29(3,4)5/h9-11,13-17,20,24-25,33H,6-8,12,18-19H2,1-5H3,(H,30,34)(H,31,36). The van der Waals surface area contributed by atoms with Gasteiger partial charge in [-0.1, -0.05) is 62.2 Å². The summed E-state index contributed by atoms with van der Waals surface area (Å²) >= 11 is 0. The SMILES string of the molecule is CCCCCNC(=O)C(c1cccc(O)c1)N(CC)C(=O)C(Cc1ccccc1)NC(=O)OC(C)(C)C. The minimum atomic E-state index is -0.982. The fourth-order valence-electron chi connectivity index (χ4n) is 4.02. The van der Waals surface area contributed by atoms with Crippen molar-refractivity contribution in [2.24, 2.45) is 0 Å². The number of hydrogen-bond donors (Lipinski definition) is 3. The molecule has 0 fully saturated rings. The van der Waals surface area contributed by atoms with Crippen molar-refractivity contribution in [1.82, 2.24) is 15.5 Å². The molecule has 8 heteroatoms. The average molecular weight is 512 g/mol. The maximum absolute atomic E-state index is 14.0. The number of amides is 3. The molecule has 8 nitrogen and oxygen atoms in total. The van der Waals surface area contributed by atoms with Crippen molar-refractivity contribution in [3.05, 3.63) is 65.7 Å². The number of nitrogens with one attached hydrogen (secondary N) is 2. The van der Waals surface area contributed by atoms with E-state index >= 15 is 0 Å². The fourth-order valence-corrected chi connectivity index (χ4v) is 4.02. The molecule has 0 heterocycles. The van der Waals surface area contributed by atoms with E-state index < -0.39 is 29.7 Å². The van der Waals surface area contributed by atoms with E-state index in [1.165, 1.54) is 17.0 Å². The van der Waals surface area contributed by atoms with E-state index in [9.17, 15) is 19.5 Å².